The van der Waals surface area contributed by atoms with Crippen LogP contribution in [0.1, 0.15) is 10.4 Å². The monoisotopic (exact) mass is 223 g/mol. The molecule has 0 saturated carbocycles. The fourth-order valence-corrected chi connectivity index (χ4v) is 1.02. The predicted molar refractivity (Wildman–Crippen MR) is 55.0 cm³/mol. The Morgan fingerprint density at radius 1 is 1.31 bits per heavy atom. The highest BCUT2D eigenvalue weighted by Crippen LogP contribution is 2.05. The molecule has 0 amide bonds. The van der Waals surface area contributed by atoms with Gasteiger partial charge in [-0.3, -0.25) is 4.79 Å². The molecule has 1 aromatic rings. The topological polar surface area (TPSA) is 69.4 Å². The van der Waals surface area contributed by atoms with Crippen LogP contribution in [0, 0.1) is 5.82 Å². The Kier molecular flexibility index (Phi) is 3.77. The summed E-state index contributed by atoms with van der Waals surface area (Å²) in [5.41, 5.74) is 5.24. The molecule has 0 radical (unpaired) electrons. The first kappa shape index (κ1) is 11.9. The van der Waals surface area contributed by atoms with Gasteiger partial charge in [0.15, 0.2) is 5.78 Å². The van der Waals surface area contributed by atoms with E-state index in [0.29, 0.717) is 0 Å². The van der Waals surface area contributed by atoms with Crippen molar-refractivity contribution in [2.45, 2.75) is 0 Å². The van der Waals surface area contributed by atoms with E-state index in [9.17, 15) is 14.0 Å². The van der Waals surface area contributed by atoms with Crippen LogP contribution in [0.2, 0.25) is 0 Å². The van der Waals surface area contributed by atoms with Crippen LogP contribution >= 0.6 is 0 Å². The van der Waals surface area contributed by atoms with Crippen molar-refractivity contribution < 1.29 is 18.7 Å². The molecule has 1 aromatic carbocycles. The van der Waals surface area contributed by atoms with Gasteiger partial charge in [0.2, 0.25) is 0 Å². The van der Waals surface area contributed by atoms with Crippen molar-refractivity contribution in [1.82, 2.24) is 0 Å². The summed E-state index contributed by atoms with van der Waals surface area (Å²) in [7, 11) is 1.16. The van der Waals surface area contributed by atoms with Gasteiger partial charge in [-0.05, 0) is 24.3 Å². The van der Waals surface area contributed by atoms with E-state index >= 15 is 0 Å². The summed E-state index contributed by atoms with van der Waals surface area (Å²) in [6.45, 7) is 0. The number of carbonyl (C=O) groups is 2. The van der Waals surface area contributed by atoms with Gasteiger partial charge in [-0.1, -0.05) is 0 Å². The molecule has 0 unspecified atom stereocenters. The molecule has 0 aliphatic carbocycles. The van der Waals surface area contributed by atoms with E-state index < -0.39 is 17.6 Å². The smallest absolute Gasteiger partial charge is 0.354 e. The van der Waals surface area contributed by atoms with Gasteiger partial charge in [0.1, 0.15) is 11.5 Å². The van der Waals surface area contributed by atoms with Gasteiger partial charge in [0, 0.05) is 11.6 Å². The van der Waals surface area contributed by atoms with Crippen LogP contribution in [-0.4, -0.2) is 18.9 Å². The number of allylic oxidation sites excluding steroid dienone is 1. The van der Waals surface area contributed by atoms with Gasteiger partial charge in [-0.25, -0.2) is 9.18 Å². The number of nitrogens with two attached hydrogens (primary N) is 1. The largest absolute Gasteiger partial charge is 0.464 e. The average Bonchev–Trinajstić information content (AvgIpc) is 2.28. The average molecular weight is 223 g/mol. The molecule has 16 heavy (non-hydrogen) atoms. The van der Waals surface area contributed by atoms with Gasteiger partial charge in [-0.15, -0.1) is 0 Å². The molecule has 0 spiro atoms. The summed E-state index contributed by atoms with van der Waals surface area (Å²) in [6, 6.07) is 4.91. The molecule has 0 fully saturated rings. The minimum absolute atomic E-state index is 0.244. The summed E-state index contributed by atoms with van der Waals surface area (Å²) in [5.74, 6) is -1.71. The zero-order valence-corrected chi connectivity index (χ0v) is 8.57. The summed E-state index contributed by atoms with van der Waals surface area (Å²) in [6.07, 6.45) is 0.944. The summed E-state index contributed by atoms with van der Waals surface area (Å²) in [4.78, 5) is 22.4. The second-order valence-electron chi connectivity index (χ2n) is 2.96. The van der Waals surface area contributed by atoms with E-state index in [-0.39, 0.29) is 11.3 Å². The maximum Gasteiger partial charge on any atom is 0.354 e. The number of ether oxygens (including phenoxy) is 1. The van der Waals surface area contributed by atoms with Crippen molar-refractivity contribution in [2.24, 2.45) is 5.73 Å². The Morgan fingerprint density at radius 2 is 1.88 bits per heavy atom. The van der Waals surface area contributed by atoms with Crippen LogP contribution in [0.3, 0.4) is 0 Å². The van der Waals surface area contributed by atoms with Crippen LogP contribution in [0.4, 0.5) is 4.39 Å². The van der Waals surface area contributed by atoms with Crippen molar-refractivity contribution in [2.75, 3.05) is 7.11 Å². The van der Waals surface area contributed by atoms with Crippen LogP contribution < -0.4 is 5.73 Å². The minimum Gasteiger partial charge on any atom is -0.464 e. The fraction of sp³-hybridized carbons (Fsp3) is 0.0909. The highest BCUT2D eigenvalue weighted by atomic mass is 19.1. The first-order valence-corrected chi connectivity index (χ1v) is 4.40. The highest BCUT2D eigenvalue weighted by Gasteiger charge is 2.09. The molecule has 2 N–H and O–H groups in total. The zero-order valence-electron chi connectivity index (χ0n) is 8.57. The molecule has 0 bridgehead atoms. The van der Waals surface area contributed by atoms with Crippen molar-refractivity contribution in [3.05, 3.63) is 47.4 Å². The summed E-state index contributed by atoms with van der Waals surface area (Å²) < 4.78 is 16.9. The predicted octanol–water partition coefficient (Wildman–Crippen LogP) is 1.02. The molecular weight excluding hydrogens is 213 g/mol. The number of benzene rings is 1. The lowest BCUT2D eigenvalue weighted by Crippen LogP contribution is -2.14. The minimum atomic E-state index is -0.782. The quantitative estimate of drug-likeness (QED) is 0.472. The molecule has 0 aliphatic rings. The molecule has 1 rings (SSSR count). The SMILES string of the molecule is COC(=O)/C(N)=C/C(=O)c1ccc(F)cc1. The first-order valence-electron chi connectivity index (χ1n) is 4.40. The third-order valence-electron chi connectivity index (χ3n) is 1.84. The number of carbonyl (C=O) groups excluding carboxylic acids is 2. The van der Waals surface area contributed by atoms with Gasteiger partial charge in [0.05, 0.1) is 7.11 Å². The Balaban J connectivity index is 2.87. The number of rotatable bonds is 3. The Labute approximate surface area is 91.5 Å². The second-order valence-corrected chi connectivity index (χ2v) is 2.96. The molecule has 5 heteroatoms. The number of esters is 1. The number of hydrogen-bond acceptors (Lipinski definition) is 4. The van der Waals surface area contributed by atoms with E-state index in [1.165, 1.54) is 12.1 Å². The van der Waals surface area contributed by atoms with Gasteiger partial charge >= 0.3 is 5.97 Å². The molecule has 84 valence electrons. The number of methoxy groups -OCH3 is 1. The summed E-state index contributed by atoms with van der Waals surface area (Å²) in [5, 5.41) is 0. The highest BCUT2D eigenvalue weighted by molar-refractivity contribution is 6.08. The van der Waals surface area contributed by atoms with E-state index in [1.807, 2.05) is 0 Å². The van der Waals surface area contributed by atoms with Crippen molar-refractivity contribution in [3.63, 3.8) is 0 Å². The van der Waals surface area contributed by atoms with Crippen LogP contribution in [0.5, 0.6) is 0 Å². The van der Waals surface area contributed by atoms with Crippen molar-refractivity contribution in [1.29, 1.82) is 0 Å². The normalized spacial score (nSPS) is 11.0. The molecular formula is C11H10FNO3. The van der Waals surface area contributed by atoms with Crippen molar-refractivity contribution >= 4 is 11.8 Å². The molecule has 0 saturated heterocycles. The lowest BCUT2D eigenvalue weighted by Gasteiger charge is -1.99. The molecule has 0 heterocycles. The maximum absolute atomic E-state index is 12.6. The standard InChI is InChI=1S/C11H10FNO3/c1-16-11(15)9(13)6-10(14)7-2-4-8(12)5-3-7/h2-6H,13H2,1H3/b9-6-. The van der Waals surface area contributed by atoms with Gasteiger partial charge < -0.3 is 10.5 Å². The number of ketones is 1. The summed E-state index contributed by atoms with van der Waals surface area (Å²) >= 11 is 0. The molecule has 0 aliphatic heterocycles. The molecule has 0 aromatic heterocycles. The van der Waals surface area contributed by atoms with E-state index in [2.05, 4.69) is 4.74 Å². The number of hydrogen-bond donors (Lipinski definition) is 1. The van der Waals surface area contributed by atoms with Gasteiger partial charge in [0.25, 0.3) is 0 Å². The van der Waals surface area contributed by atoms with Crippen molar-refractivity contribution in [3.8, 4) is 0 Å². The van der Waals surface area contributed by atoms with Crippen LogP contribution in [0.15, 0.2) is 36.0 Å². The third-order valence-corrected chi connectivity index (χ3v) is 1.84. The van der Waals surface area contributed by atoms with Gasteiger partial charge in [-0.2, -0.15) is 0 Å². The van der Waals surface area contributed by atoms with E-state index in [1.54, 1.807) is 0 Å². The second kappa shape index (κ2) is 5.06. The Bertz CT molecular complexity index is 437. The third kappa shape index (κ3) is 2.91. The fourth-order valence-electron chi connectivity index (χ4n) is 1.02. The zero-order chi connectivity index (χ0) is 12.1. The Hall–Kier alpha value is -2.17. The van der Waals surface area contributed by atoms with E-state index in [0.717, 1.165) is 25.3 Å². The Morgan fingerprint density at radius 3 is 2.38 bits per heavy atom. The maximum atomic E-state index is 12.6. The van der Waals surface area contributed by atoms with Crippen LogP contribution in [0.25, 0.3) is 0 Å². The lowest BCUT2D eigenvalue weighted by molar-refractivity contribution is -0.136. The van der Waals surface area contributed by atoms with Crippen LogP contribution in [-0.2, 0) is 9.53 Å². The molecule has 4 nitrogen and oxygen atoms in total. The number of halogens is 1. The lowest BCUT2D eigenvalue weighted by atomic mass is 10.1. The molecule has 0 atom stereocenters. The van der Waals surface area contributed by atoms with E-state index in [4.69, 9.17) is 5.73 Å². The first-order chi connectivity index (χ1) is 7.54.